The zero-order valence-electron chi connectivity index (χ0n) is 17.2. The number of amides is 1. The molecule has 0 unspecified atom stereocenters. The van der Waals surface area contributed by atoms with Gasteiger partial charge in [0.1, 0.15) is 17.4 Å². The molecule has 5 heteroatoms. The molecule has 1 fully saturated rings. The van der Waals surface area contributed by atoms with Crippen molar-refractivity contribution >= 4 is 22.4 Å². The van der Waals surface area contributed by atoms with E-state index in [1.807, 2.05) is 30.2 Å². The zero-order chi connectivity index (χ0) is 20.2. The van der Waals surface area contributed by atoms with Gasteiger partial charge in [-0.1, -0.05) is 25.1 Å². The quantitative estimate of drug-likeness (QED) is 0.739. The minimum atomic E-state index is 0.215. The van der Waals surface area contributed by atoms with Crippen molar-refractivity contribution in [3.63, 3.8) is 0 Å². The second-order valence-corrected chi connectivity index (χ2v) is 7.63. The number of pyridine rings is 1. The fourth-order valence-electron chi connectivity index (χ4n) is 4.09. The van der Waals surface area contributed by atoms with Gasteiger partial charge in [0.2, 0.25) is 5.91 Å². The molecule has 0 radical (unpaired) electrons. The number of carbonyl (C=O) groups is 1. The number of methoxy groups -OCH3 is 1. The summed E-state index contributed by atoms with van der Waals surface area (Å²) in [6.07, 6.45) is 10.6. The lowest BCUT2D eigenvalue weighted by Crippen LogP contribution is -2.40. The van der Waals surface area contributed by atoms with Crippen molar-refractivity contribution in [1.29, 1.82) is 0 Å². The van der Waals surface area contributed by atoms with Crippen LogP contribution in [-0.4, -0.2) is 42.1 Å². The van der Waals surface area contributed by atoms with Gasteiger partial charge in [0, 0.05) is 50.4 Å². The highest BCUT2D eigenvalue weighted by atomic mass is 16.5. The van der Waals surface area contributed by atoms with Gasteiger partial charge in [-0.05, 0) is 35.8 Å². The third kappa shape index (κ3) is 4.29. The summed E-state index contributed by atoms with van der Waals surface area (Å²) in [7, 11) is 1.67. The minimum Gasteiger partial charge on any atom is -0.495 e. The summed E-state index contributed by atoms with van der Waals surface area (Å²) in [6.45, 7) is 3.53. The number of nitrogens with zero attached hydrogens (tertiary/aromatic N) is 2. The van der Waals surface area contributed by atoms with E-state index in [1.54, 1.807) is 7.11 Å². The summed E-state index contributed by atoms with van der Waals surface area (Å²) in [4.78, 5) is 18.4. The molecule has 2 aromatic rings. The number of hydrogen-bond acceptors (Lipinski definition) is 4. The highest BCUT2D eigenvalue weighted by Gasteiger charge is 2.24. The standard InChI is InChI=1S/C24H28N2O3/c1-3-23(27)26-13-11-21(12-14-26)29-20-9-7-17(8-10-20)19-15-18-5-4-6-22(28-2)24(18)25-16-19/h4-7,9,15-16,21H,3,8,10-14H2,1-2H3. The van der Waals surface area contributed by atoms with Crippen LogP contribution in [0.5, 0.6) is 5.75 Å². The molecule has 152 valence electrons. The molecule has 0 saturated carbocycles. The van der Waals surface area contributed by atoms with Crippen molar-refractivity contribution in [2.75, 3.05) is 20.2 Å². The maximum absolute atomic E-state index is 11.8. The number of ether oxygens (including phenoxy) is 2. The summed E-state index contributed by atoms with van der Waals surface area (Å²) in [6, 6.07) is 8.17. The number of allylic oxidation sites excluding steroid dienone is 4. The molecule has 0 spiro atoms. The number of rotatable bonds is 5. The van der Waals surface area contributed by atoms with Crippen LogP contribution >= 0.6 is 0 Å². The number of aromatic nitrogens is 1. The zero-order valence-corrected chi connectivity index (χ0v) is 17.2. The molecule has 1 amide bonds. The van der Waals surface area contributed by atoms with E-state index in [0.29, 0.717) is 6.42 Å². The average Bonchev–Trinajstić information content (AvgIpc) is 2.78. The average molecular weight is 392 g/mol. The Hall–Kier alpha value is -2.82. The Bertz CT molecular complexity index is 956. The van der Waals surface area contributed by atoms with Gasteiger partial charge in [-0.25, -0.2) is 0 Å². The molecule has 2 aliphatic rings. The number of likely N-dealkylation sites (tertiary alicyclic amines) is 1. The summed E-state index contributed by atoms with van der Waals surface area (Å²) in [5, 5.41) is 1.09. The van der Waals surface area contributed by atoms with Crippen molar-refractivity contribution < 1.29 is 14.3 Å². The molecule has 5 nitrogen and oxygen atoms in total. The molecule has 2 heterocycles. The fourth-order valence-corrected chi connectivity index (χ4v) is 4.09. The van der Waals surface area contributed by atoms with Gasteiger partial charge in [-0.3, -0.25) is 9.78 Å². The van der Waals surface area contributed by atoms with Crippen molar-refractivity contribution in [3.05, 3.63) is 53.9 Å². The normalized spacial score (nSPS) is 17.7. The van der Waals surface area contributed by atoms with Gasteiger partial charge in [0.25, 0.3) is 0 Å². The number of carbonyl (C=O) groups excluding carboxylic acids is 1. The van der Waals surface area contributed by atoms with Crippen LogP contribution in [0, 0.1) is 0 Å². The van der Waals surface area contributed by atoms with Gasteiger partial charge in [-0.2, -0.15) is 0 Å². The van der Waals surface area contributed by atoms with E-state index in [4.69, 9.17) is 9.47 Å². The summed E-state index contributed by atoms with van der Waals surface area (Å²) >= 11 is 0. The van der Waals surface area contributed by atoms with Crippen molar-refractivity contribution in [3.8, 4) is 5.75 Å². The predicted molar refractivity (Wildman–Crippen MR) is 115 cm³/mol. The van der Waals surface area contributed by atoms with Crippen LogP contribution in [0.25, 0.3) is 16.5 Å². The first kappa shape index (κ1) is 19.5. The summed E-state index contributed by atoms with van der Waals surface area (Å²) in [5.74, 6) is 2.09. The first-order chi connectivity index (χ1) is 14.2. The predicted octanol–water partition coefficient (Wildman–Crippen LogP) is 4.72. The molecule has 0 bridgehead atoms. The molecule has 4 rings (SSSR count). The maximum atomic E-state index is 11.8. The Morgan fingerprint density at radius 3 is 2.72 bits per heavy atom. The molecule has 0 N–H and O–H groups in total. The van der Waals surface area contributed by atoms with Crippen LogP contribution in [0.1, 0.15) is 44.6 Å². The molecular formula is C24H28N2O3. The lowest BCUT2D eigenvalue weighted by molar-refractivity contribution is -0.133. The fraction of sp³-hybridized carbons (Fsp3) is 0.417. The van der Waals surface area contributed by atoms with Crippen LogP contribution in [0.4, 0.5) is 0 Å². The lowest BCUT2D eigenvalue weighted by atomic mass is 9.96. The van der Waals surface area contributed by atoms with Gasteiger partial charge >= 0.3 is 0 Å². The van der Waals surface area contributed by atoms with Crippen LogP contribution in [0.2, 0.25) is 0 Å². The molecule has 1 aliphatic carbocycles. The Kier molecular flexibility index (Phi) is 5.84. The molecule has 0 atom stereocenters. The summed E-state index contributed by atoms with van der Waals surface area (Å²) < 4.78 is 11.6. The van der Waals surface area contributed by atoms with Crippen LogP contribution in [0.3, 0.4) is 0 Å². The second kappa shape index (κ2) is 8.68. The van der Waals surface area contributed by atoms with Gasteiger partial charge in [-0.15, -0.1) is 0 Å². The van der Waals surface area contributed by atoms with Gasteiger partial charge < -0.3 is 14.4 Å². The smallest absolute Gasteiger partial charge is 0.222 e. The first-order valence-electron chi connectivity index (χ1n) is 10.4. The number of benzene rings is 1. The Balaban J connectivity index is 1.41. The highest BCUT2D eigenvalue weighted by Crippen LogP contribution is 2.31. The van der Waals surface area contributed by atoms with E-state index in [1.165, 1.54) is 5.57 Å². The van der Waals surface area contributed by atoms with Crippen LogP contribution < -0.4 is 4.74 Å². The van der Waals surface area contributed by atoms with Gasteiger partial charge in [0.15, 0.2) is 0 Å². The third-order valence-electron chi connectivity index (χ3n) is 5.79. The van der Waals surface area contributed by atoms with Crippen molar-refractivity contribution in [2.45, 2.75) is 45.1 Å². The first-order valence-corrected chi connectivity index (χ1v) is 10.4. The monoisotopic (exact) mass is 392 g/mol. The molecule has 1 saturated heterocycles. The second-order valence-electron chi connectivity index (χ2n) is 7.63. The Labute approximate surface area is 172 Å². The molecule has 29 heavy (non-hydrogen) atoms. The Morgan fingerprint density at radius 1 is 1.21 bits per heavy atom. The number of hydrogen-bond donors (Lipinski definition) is 0. The number of piperidine rings is 1. The van der Waals surface area contributed by atoms with E-state index in [2.05, 4.69) is 29.3 Å². The van der Waals surface area contributed by atoms with E-state index in [-0.39, 0.29) is 12.0 Å². The van der Waals surface area contributed by atoms with E-state index in [0.717, 1.165) is 66.7 Å². The van der Waals surface area contributed by atoms with Crippen LogP contribution in [0.15, 0.2) is 48.4 Å². The van der Waals surface area contributed by atoms with Gasteiger partial charge in [0.05, 0.1) is 12.9 Å². The SMILES string of the molecule is CCC(=O)N1CCC(OC2=CC=C(c3cnc4c(OC)cccc4c3)CC2)CC1. The van der Waals surface area contributed by atoms with Crippen molar-refractivity contribution in [1.82, 2.24) is 9.88 Å². The third-order valence-corrected chi connectivity index (χ3v) is 5.79. The number of fused-ring (bicyclic) bond motifs is 1. The minimum absolute atomic E-state index is 0.215. The van der Waals surface area contributed by atoms with Crippen molar-refractivity contribution in [2.24, 2.45) is 0 Å². The van der Waals surface area contributed by atoms with E-state index >= 15 is 0 Å². The largest absolute Gasteiger partial charge is 0.495 e. The lowest BCUT2D eigenvalue weighted by Gasteiger charge is -2.33. The molecule has 1 aliphatic heterocycles. The Morgan fingerprint density at radius 2 is 2.03 bits per heavy atom. The highest BCUT2D eigenvalue weighted by molar-refractivity contribution is 5.87. The molecular weight excluding hydrogens is 364 g/mol. The maximum Gasteiger partial charge on any atom is 0.222 e. The van der Waals surface area contributed by atoms with E-state index in [9.17, 15) is 4.79 Å². The molecule has 1 aromatic carbocycles. The summed E-state index contributed by atoms with van der Waals surface area (Å²) in [5.41, 5.74) is 3.31. The van der Waals surface area contributed by atoms with Crippen LogP contribution in [-0.2, 0) is 9.53 Å². The molecule has 1 aromatic heterocycles. The topological polar surface area (TPSA) is 51.7 Å². The van der Waals surface area contributed by atoms with E-state index < -0.39 is 0 Å². The number of para-hydroxylation sites is 1.